The first-order valence-corrected chi connectivity index (χ1v) is 4.29. The van der Waals surface area contributed by atoms with Crippen molar-refractivity contribution in [2.75, 3.05) is 18.6 Å². The number of aryl methyl sites for hydroxylation is 1. The summed E-state index contributed by atoms with van der Waals surface area (Å²) in [4.78, 5) is 13.1. The predicted octanol–water partition coefficient (Wildman–Crippen LogP) is -0.897. The highest BCUT2D eigenvalue weighted by atomic mass is 16.5. The van der Waals surface area contributed by atoms with E-state index in [0.29, 0.717) is 11.6 Å². The van der Waals surface area contributed by atoms with Gasteiger partial charge in [0.15, 0.2) is 0 Å². The summed E-state index contributed by atoms with van der Waals surface area (Å²) >= 11 is 0. The van der Waals surface area contributed by atoms with Gasteiger partial charge >= 0.3 is 0 Å². The van der Waals surface area contributed by atoms with E-state index in [1.165, 1.54) is 4.90 Å². The fourth-order valence-electron chi connectivity index (χ4n) is 1.42. The molecule has 0 spiro atoms. The highest BCUT2D eigenvalue weighted by Crippen LogP contribution is 2.28. The van der Waals surface area contributed by atoms with Gasteiger partial charge in [0.2, 0.25) is 11.8 Å². The van der Waals surface area contributed by atoms with Crippen molar-refractivity contribution in [3.63, 3.8) is 0 Å². The first kappa shape index (κ1) is 9.01. The van der Waals surface area contributed by atoms with Crippen LogP contribution in [0.2, 0.25) is 0 Å². The number of nitrogens with two attached hydrogens (primary N) is 1. The molecule has 0 bridgehead atoms. The molecule has 1 aromatic rings. The molecule has 1 amide bonds. The maximum atomic E-state index is 11.6. The van der Waals surface area contributed by atoms with Crippen molar-refractivity contribution in [3.8, 4) is 5.88 Å². The van der Waals surface area contributed by atoms with Gasteiger partial charge in [0, 0.05) is 14.1 Å². The van der Waals surface area contributed by atoms with Gasteiger partial charge in [-0.3, -0.25) is 4.79 Å². The summed E-state index contributed by atoms with van der Waals surface area (Å²) in [5, 5.41) is 4.01. The Hall–Kier alpha value is -1.56. The van der Waals surface area contributed by atoms with Gasteiger partial charge in [0.25, 0.3) is 0 Å². The molecule has 2 N–H and O–H groups in total. The summed E-state index contributed by atoms with van der Waals surface area (Å²) in [5.74, 6) is 0.422. The topological polar surface area (TPSA) is 73.4 Å². The van der Waals surface area contributed by atoms with Crippen LogP contribution in [0.15, 0.2) is 6.20 Å². The van der Waals surface area contributed by atoms with Gasteiger partial charge in [-0.05, 0) is 0 Å². The number of carbonyl (C=O) groups is 1. The maximum absolute atomic E-state index is 11.6. The normalized spacial score (nSPS) is 21.5. The lowest BCUT2D eigenvalue weighted by molar-refractivity contribution is -0.119. The van der Waals surface area contributed by atoms with Crippen molar-refractivity contribution in [2.24, 2.45) is 12.8 Å². The van der Waals surface area contributed by atoms with E-state index in [1.54, 1.807) is 25.0 Å². The fraction of sp³-hybridized carbons (Fsp3) is 0.500. The predicted molar refractivity (Wildman–Crippen MR) is 50.1 cm³/mol. The van der Waals surface area contributed by atoms with E-state index < -0.39 is 6.04 Å². The third kappa shape index (κ3) is 1.15. The summed E-state index contributed by atoms with van der Waals surface area (Å²) in [6.07, 6.45) is 1.59. The first-order chi connectivity index (χ1) is 6.61. The Morgan fingerprint density at radius 2 is 2.36 bits per heavy atom. The number of aromatic nitrogens is 2. The number of fused-ring (bicyclic) bond motifs is 1. The second-order valence-electron chi connectivity index (χ2n) is 3.27. The summed E-state index contributed by atoms with van der Waals surface area (Å²) in [7, 11) is 3.42. The zero-order valence-corrected chi connectivity index (χ0v) is 8.10. The van der Waals surface area contributed by atoms with Crippen LogP contribution in [0.4, 0.5) is 5.69 Å². The number of ether oxygens (including phenoxy) is 1. The van der Waals surface area contributed by atoms with Crippen LogP contribution >= 0.6 is 0 Å². The third-order valence-corrected chi connectivity index (χ3v) is 2.28. The second-order valence-corrected chi connectivity index (χ2v) is 3.27. The minimum Gasteiger partial charge on any atom is -0.474 e. The summed E-state index contributed by atoms with van der Waals surface area (Å²) in [5.41, 5.74) is 6.27. The quantitative estimate of drug-likeness (QED) is 0.583. The number of nitrogens with zero attached hydrogens (tertiary/aromatic N) is 3. The molecule has 0 aromatic carbocycles. The Morgan fingerprint density at radius 3 is 3.07 bits per heavy atom. The van der Waals surface area contributed by atoms with E-state index in [2.05, 4.69) is 5.10 Å². The average molecular weight is 196 g/mol. The molecular formula is C8H12N4O2. The van der Waals surface area contributed by atoms with Crippen LogP contribution in [0.1, 0.15) is 0 Å². The van der Waals surface area contributed by atoms with Crippen LogP contribution in [0.3, 0.4) is 0 Å². The van der Waals surface area contributed by atoms with Crippen LogP contribution in [0.5, 0.6) is 5.88 Å². The van der Waals surface area contributed by atoms with Gasteiger partial charge in [-0.2, -0.15) is 5.10 Å². The molecule has 0 radical (unpaired) electrons. The van der Waals surface area contributed by atoms with E-state index in [-0.39, 0.29) is 12.5 Å². The summed E-state index contributed by atoms with van der Waals surface area (Å²) in [6, 6.07) is -0.604. The maximum Gasteiger partial charge on any atom is 0.247 e. The molecule has 0 saturated carbocycles. The smallest absolute Gasteiger partial charge is 0.247 e. The lowest BCUT2D eigenvalue weighted by atomic mass is 10.3. The number of anilines is 1. The molecule has 6 nitrogen and oxygen atoms in total. The Labute approximate surface area is 81.2 Å². The molecule has 1 aliphatic rings. The fourth-order valence-corrected chi connectivity index (χ4v) is 1.42. The molecule has 1 unspecified atom stereocenters. The molecule has 0 aliphatic carbocycles. The number of hydrogen-bond acceptors (Lipinski definition) is 4. The third-order valence-electron chi connectivity index (χ3n) is 2.28. The van der Waals surface area contributed by atoms with Crippen molar-refractivity contribution >= 4 is 11.6 Å². The number of hydrogen-bond donors (Lipinski definition) is 1. The molecule has 1 aromatic heterocycles. The van der Waals surface area contributed by atoms with Gasteiger partial charge in [0.1, 0.15) is 18.3 Å². The SMILES string of the molecule is CN1C(=O)C(N)COc2c1cnn2C. The van der Waals surface area contributed by atoms with Crippen LogP contribution in [0.25, 0.3) is 0 Å². The Kier molecular flexibility index (Phi) is 1.92. The minimum absolute atomic E-state index is 0.156. The molecule has 0 fully saturated rings. The molecule has 0 saturated heterocycles. The molecule has 6 heteroatoms. The van der Waals surface area contributed by atoms with E-state index in [4.69, 9.17) is 10.5 Å². The number of amides is 1. The molecule has 2 rings (SSSR count). The molecule has 1 atom stereocenters. The lowest BCUT2D eigenvalue weighted by Crippen LogP contribution is -2.43. The van der Waals surface area contributed by atoms with Crippen LogP contribution < -0.4 is 15.4 Å². The van der Waals surface area contributed by atoms with Crippen molar-refractivity contribution in [1.82, 2.24) is 9.78 Å². The highest BCUT2D eigenvalue weighted by Gasteiger charge is 2.28. The van der Waals surface area contributed by atoms with Crippen LogP contribution in [-0.2, 0) is 11.8 Å². The lowest BCUT2D eigenvalue weighted by Gasteiger charge is -2.14. The Morgan fingerprint density at radius 1 is 1.64 bits per heavy atom. The average Bonchev–Trinajstić information content (AvgIpc) is 2.49. The van der Waals surface area contributed by atoms with Gasteiger partial charge in [-0.25, -0.2) is 4.68 Å². The Bertz CT molecular complexity index is 373. The van der Waals surface area contributed by atoms with E-state index in [0.717, 1.165) is 0 Å². The number of rotatable bonds is 0. The van der Waals surface area contributed by atoms with Gasteiger partial charge in [-0.1, -0.05) is 0 Å². The summed E-state index contributed by atoms with van der Waals surface area (Å²) in [6.45, 7) is 0.190. The Balaban J connectivity index is 2.45. The van der Waals surface area contributed by atoms with Gasteiger partial charge in [-0.15, -0.1) is 0 Å². The first-order valence-electron chi connectivity index (χ1n) is 4.29. The van der Waals surface area contributed by atoms with Gasteiger partial charge < -0.3 is 15.4 Å². The monoisotopic (exact) mass is 196 g/mol. The summed E-state index contributed by atoms with van der Waals surface area (Å²) < 4.78 is 6.97. The molecule has 2 heterocycles. The molecular weight excluding hydrogens is 184 g/mol. The zero-order valence-electron chi connectivity index (χ0n) is 8.10. The number of carbonyl (C=O) groups excluding carboxylic acids is 1. The second kappa shape index (κ2) is 2.98. The largest absolute Gasteiger partial charge is 0.474 e. The van der Waals surface area contributed by atoms with E-state index >= 15 is 0 Å². The standard InChI is InChI=1S/C8H12N4O2/c1-11-6-3-10-12(2)8(6)14-4-5(9)7(11)13/h3,5H,4,9H2,1-2H3. The van der Waals surface area contributed by atoms with E-state index in [1.807, 2.05) is 0 Å². The molecule has 76 valence electrons. The molecule has 14 heavy (non-hydrogen) atoms. The molecule has 1 aliphatic heterocycles. The van der Waals surface area contributed by atoms with Crippen LogP contribution in [0, 0.1) is 0 Å². The highest BCUT2D eigenvalue weighted by molar-refractivity contribution is 5.98. The van der Waals surface area contributed by atoms with Crippen molar-refractivity contribution in [3.05, 3.63) is 6.20 Å². The van der Waals surface area contributed by atoms with Crippen molar-refractivity contribution in [2.45, 2.75) is 6.04 Å². The zero-order chi connectivity index (χ0) is 10.3. The van der Waals surface area contributed by atoms with E-state index in [9.17, 15) is 4.79 Å². The minimum atomic E-state index is -0.604. The van der Waals surface area contributed by atoms with Crippen LogP contribution in [-0.4, -0.2) is 35.4 Å². The number of likely N-dealkylation sites (N-methyl/N-ethyl adjacent to an activating group) is 1. The van der Waals surface area contributed by atoms with Crippen molar-refractivity contribution in [1.29, 1.82) is 0 Å². The van der Waals surface area contributed by atoms with Gasteiger partial charge in [0.05, 0.1) is 6.20 Å². The van der Waals surface area contributed by atoms with Crippen molar-refractivity contribution < 1.29 is 9.53 Å².